The Bertz CT molecular complexity index is 1020. The van der Waals surface area contributed by atoms with Crippen LogP contribution in [0.1, 0.15) is 77.8 Å². The van der Waals surface area contributed by atoms with Crippen LogP contribution in [0.5, 0.6) is 0 Å². The first-order valence-electron chi connectivity index (χ1n) is 12.8. The number of amides is 2. The number of nitrogens with one attached hydrogen (secondary N) is 1. The molecule has 1 aromatic heterocycles. The number of pyridine rings is 1. The minimum Gasteiger partial charge on any atom is -0.326 e. The Labute approximate surface area is 198 Å². The average Bonchev–Trinajstić information content (AvgIpc) is 3.07. The van der Waals surface area contributed by atoms with Crippen molar-refractivity contribution in [2.75, 3.05) is 12.4 Å². The number of carbonyl (C=O) groups is 2. The Balaban J connectivity index is 1.35. The van der Waals surface area contributed by atoms with Gasteiger partial charge in [0.05, 0.1) is 0 Å². The maximum Gasteiger partial charge on any atom is 0.226 e. The number of aromatic nitrogens is 1. The van der Waals surface area contributed by atoms with Crippen molar-refractivity contribution in [2.24, 2.45) is 34.5 Å². The fraction of sp³-hybridized carbons (Fsp3) is 0.679. The van der Waals surface area contributed by atoms with Crippen LogP contribution < -0.4 is 5.32 Å². The number of nitrogens with zero attached hydrogens (tertiary/aromatic N) is 2. The highest BCUT2D eigenvalue weighted by Crippen LogP contribution is 2.67. The number of rotatable bonds is 3. The summed E-state index contributed by atoms with van der Waals surface area (Å²) in [5.74, 6) is 2.86. The Morgan fingerprint density at radius 3 is 2.73 bits per heavy atom. The van der Waals surface area contributed by atoms with E-state index in [1.165, 1.54) is 30.5 Å². The summed E-state index contributed by atoms with van der Waals surface area (Å²) in [6, 6.07) is 3.81. The second kappa shape index (κ2) is 7.95. The first kappa shape index (κ1) is 22.6. The van der Waals surface area contributed by atoms with Gasteiger partial charge in [0, 0.05) is 48.6 Å². The Morgan fingerprint density at radius 1 is 1.18 bits per heavy atom. The molecular formula is C28H39N3O2. The number of allylic oxidation sites excluding steroid dienone is 2. The first-order valence-corrected chi connectivity index (χ1v) is 12.8. The lowest BCUT2D eigenvalue weighted by molar-refractivity contribution is -0.136. The van der Waals surface area contributed by atoms with Crippen LogP contribution in [0.15, 0.2) is 29.6 Å². The van der Waals surface area contributed by atoms with E-state index in [0.717, 1.165) is 30.6 Å². The fourth-order valence-electron chi connectivity index (χ4n) is 8.61. The van der Waals surface area contributed by atoms with Gasteiger partial charge in [-0.1, -0.05) is 19.4 Å². The van der Waals surface area contributed by atoms with Crippen molar-refractivity contribution < 1.29 is 9.59 Å². The third-order valence-corrected chi connectivity index (χ3v) is 10.1. The van der Waals surface area contributed by atoms with E-state index in [2.05, 4.69) is 31.1 Å². The van der Waals surface area contributed by atoms with Gasteiger partial charge in [-0.15, -0.1) is 0 Å². The van der Waals surface area contributed by atoms with E-state index in [-0.39, 0.29) is 22.6 Å². The molecule has 2 unspecified atom stereocenters. The lowest BCUT2D eigenvalue weighted by atomic mass is 9.48. The largest absolute Gasteiger partial charge is 0.326 e. The number of carbonyl (C=O) groups excluding carboxylic acids is 2. The highest BCUT2D eigenvalue weighted by Gasteiger charge is 2.60. The summed E-state index contributed by atoms with van der Waals surface area (Å²) in [5.41, 5.74) is 4.86. The molecule has 3 aliphatic carbocycles. The molecule has 1 aliphatic heterocycles. The lowest BCUT2D eigenvalue weighted by Crippen LogP contribution is -2.54. The molecule has 6 atom stereocenters. The minimum atomic E-state index is 0.117. The molecule has 2 amide bonds. The van der Waals surface area contributed by atoms with Gasteiger partial charge in [0.25, 0.3) is 0 Å². The van der Waals surface area contributed by atoms with Gasteiger partial charge < -0.3 is 10.2 Å². The molecule has 5 heteroatoms. The van der Waals surface area contributed by atoms with Crippen LogP contribution in [0.4, 0.5) is 5.69 Å². The molecule has 0 spiro atoms. The maximum absolute atomic E-state index is 13.0. The molecule has 5 nitrogen and oxygen atoms in total. The van der Waals surface area contributed by atoms with Crippen LogP contribution in [0, 0.1) is 41.4 Å². The molecule has 1 aromatic rings. The molecule has 178 valence electrons. The van der Waals surface area contributed by atoms with Crippen LogP contribution in [-0.4, -0.2) is 28.7 Å². The van der Waals surface area contributed by atoms with Crippen molar-refractivity contribution in [3.8, 4) is 0 Å². The average molecular weight is 450 g/mol. The zero-order valence-corrected chi connectivity index (χ0v) is 20.9. The molecule has 0 radical (unpaired) electrons. The summed E-state index contributed by atoms with van der Waals surface area (Å²) in [6.07, 6.45) is 9.94. The van der Waals surface area contributed by atoms with Crippen molar-refractivity contribution in [2.45, 2.75) is 79.1 Å². The molecule has 2 heterocycles. The van der Waals surface area contributed by atoms with E-state index in [1.807, 2.05) is 31.0 Å². The quantitative estimate of drug-likeness (QED) is 0.642. The zero-order valence-electron chi connectivity index (χ0n) is 20.9. The van der Waals surface area contributed by atoms with Gasteiger partial charge in [-0.3, -0.25) is 14.6 Å². The number of hydrogen-bond acceptors (Lipinski definition) is 3. The fourth-order valence-corrected chi connectivity index (χ4v) is 8.61. The second-order valence-corrected chi connectivity index (χ2v) is 11.8. The number of likely N-dealkylation sites (tertiary alicyclic amines) is 1. The van der Waals surface area contributed by atoms with Crippen LogP contribution >= 0.6 is 0 Å². The van der Waals surface area contributed by atoms with Crippen LogP contribution in [0.3, 0.4) is 0 Å². The molecule has 4 aliphatic rings. The van der Waals surface area contributed by atoms with Gasteiger partial charge in [0.15, 0.2) is 0 Å². The molecule has 33 heavy (non-hydrogen) atoms. The second-order valence-electron chi connectivity index (χ2n) is 11.8. The topological polar surface area (TPSA) is 62.3 Å². The zero-order chi connectivity index (χ0) is 23.5. The van der Waals surface area contributed by atoms with Gasteiger partial charge >= 0.3 is 0 Å². The summed E-state index contributed by atoms with van der Waals surface area (Å²) in [7, 11) is 1.99. The number of hydrogen-bond donors (Lipinski definition) is 1. The van der Waals surface area contributed by atoms with E-state index < -0.39 is 0 Å². The number of aryl methyl sites for hydroxylation is 1. The van der Waals surface area contributed by atoms with E-state index in [4.69, 9.17) is 0 Å². The van der Waals surface area contributed by atoms with Gasteiger partial charge in [0.2, 0.25) is 11.8 Å². The Kier molecular flexibility index (Phi) is 5.45. The first-order chi connectivity index (χ1) is 15.6. The predicted octanol–water partition coefficient (Wildman–Crippen LogP) is 5.71. The lowest BCUT2D eigenvalue weighted by Gasteiger charge is -2.59. The molecule has 3 fully saturated rings. The van der Waals surface area contributed by atoms with Crippen molar-refractivity contribution in [3.63, 3.8) is 0 Å². The molecule has 1 saturated heterocycles. The van der Waals surface area contributed by atoms with Gasteiger partial charge in [0.1, 0.15) is 0 Å². The van der Waals surface area contributed by atoms with Gasteiger partial charge in [-0.25, -0.2) is 0 Å². The highest BCUT2D eigenvalue weighted by molar-refractivity contribution is 5.90. The van der Waals surface area contributed by atoms with Crippen LogP contribution in [0.25, 0.3) is 0 Å². The SMILES string of the molecule is CC1=C2N(C)C(=O)CC[C@]2(C)C2CC[C@]3(C)[C@@H](CC(=O)Nc4ccnc(C)c4)CC[C@H]3C2C1. The molecule has 2 saturated carbocycles. The third kappa shape index (κ3) is 3.54. The van der Waals surface area contributed by atoms with Crippen LogP contribution in [-0.2, 0) is 9.59 Å². The number of piperidine rings is 1. The maximum atomic E-state index is 13.0. The summed E-state index contributed by atoms with van der Waals surface area (Å²) in [4.78, 5) is 31.6. The van der Waals surface area contributed by atoms with E-state index in [0.29, 0.717) is 36.5 Å². The van der Waals surface area contributed by atoms with Crippen LogP contribution in [0.2, 0.25) is 0 Å². The summed E-state index contributed by atoms with van der Waals surface area (Å²) in [6.45, 7) is 9.12. The van der Waals surface area contributed by atoms with Crippen molar-refractivity contribution in [3.05, 3.63) is 35.3 Å². The number of anilines is 1. The summed E-state index contributed by atoms with van der Waals surface area (Å²) < 4.78 is 0. The molecule has 0 bridgehead atoms. The molecule has 0 aromatic carbocycles. The minimum absolute atomic E-state index is 0.117. The van der Waals surface area contributed by atoms with Gasteiger partial charge in [-0.2, -0.15) is 0 Å². The Morgan fingerprint density at radius 2 is 1.97 bits per heavy atom. The van der Waals surface area contributed by atoms with E-state index >= 15 is 0 Å². The standard InChI is InChI=1S/C28H39N3O2/c1-17-14-21-22-7-6-19(16-24(32)30-20-10-13-29-18(2)15-20)27(22,3)11-8-23(21)28(4)12-9-25(33)31(5)26(17)28/h10,13,15,19,21-23H,6-9,11-12,14,16H2,1-5H3,(H,29,30,32)/t19-,21?,22+,23?,27-,28-/m1/s1. The van der Waals surface area contributed by atoms with Gasteiger partial charge in [-0.05, 0) is 93.6 Å². The normalized spacial score (nSPS) is 38.0. The summed E-state index contributed by atoms with van der Waals surface area (Å²) in [5, 5.41) is 3.11. The highest BCUT2D eigenvalue weighted by atomic mass is 16.2. The van der Waals surface area contributed by atoms with E-state index in [9.17, 15) is 9.59 Å². The van der Waals surface area contributed by atoms with E-state index in [1.54, 1.807) is 6.20 Å². The molecule has 5 rings (SSSR count). The predicted molar refractivity (Wildman–Crippen MR) is 130 cm³/mol. The third-order valence-electron chi connectivity index (χ3n) is 10.1. The molecule has 1 N–H and O–H groups in total. The van der Waals surface area contributed by atoms with Crippen molar-refractivity contribution in [1.29, 1.82) is 0 Å². The number of fused-ring (bicyclic) bond motifs is 5. The van der Waals surface area contributed by atoms with Crippen molar-refractivity contribution in [1.82, 2.24) is 9.88 Å². The monoisotopic (exact) mass is 449 g/mol. The summed E-state index contributed by atoms with van der Waals surface area (Å²) >= 11 is 0. The smallest absolute Gasteiger partial charge is 0.226 e. The van der Waals surface area contributed by atoms with Crippen molar-refractivity contribution >= 4 is 17.5 Å². The Hall–Kier alpha value is -2.17. The molecular weight excluding hydrogens is 410 g/mol.